The second kappa shape index (κ2) is 8.62. The Morgan fingerprint density at radius 1 is 1.19 bits per heavy atom. The highest BCUT2D eigenvalue weighted by molar-refractivity contribution is 6.35. The highest BCUT2D eigenvalue weighted by atomic mass is 35.5. The summed E-state index contributed by atoms with van der Waals surface area (Å²) in [5.41, 5.74) is 1.40. The zero-order chi connectivity index (χ0) is 23.0. The van der Waals surface area contributed by atoms with Crippen LogP contribution in [0.5, 0.6) is 0 Å². The van der Waals surface area contributed by atoms with Gasteiger partial charge in [0.15, 0.2) is 29.0 Å². The SMILES string of the molecule is CC1=C(c2c(Cl)c(C(=O)Nc3c(F)cncc3F)nn2C)CN(c2ncccc2F)CC1. The number of carbonyl (C=O) groups is 1. The molecule has 166 valence electrons. The normalized spacial score (nSPS) is 14.1. The maximum Gasteiger partial charge on any atom is 0.277 e. The molecule has 1 aliphatic heterocycles. The van der Waals surface area contributed by atoms with Crippen molar-refractivity contribution in [3.8, 4) is 0 Å². The third kappa shape index (κ3) is 3.93. The molecule has 0 fully saturated rings. The molecule has 3 aromatic heterocycles. The number of hydrogen-bond acceptors (Lipinski definition) is 5. The van der Waals surface area contributed by atoms with E-state index in [0.717, 1.165) is 23.5 Å². The van der Waals surface area contributed by atoms with E-state index >= 15 is 0 Å². The Hall–Kier alpha value is -3.40. The quantitative estimate of drug-likeness (QED) is 0.628. The molecule has 0 saturated heterocycles. The Balaban J connectivity index is 1.66. The largest absolute Gasteiger partial charge is 0.349 e. The smallest absolute Gasteiger partial charge is 0.277 e. The van der Waals surface area contributed by atoms with Gasteiger partial charge in [-0.1, -0.05) is 17.2 Å². The summed E-state index contributed by atoms with van der Waals surface area (Å²) in [6.07, 6.45) is 3.71. The summed E-state index contributed by atoms with van der Waals surface area (Å²) in [7, 11) is 1.60. The van der Waals surface area contributed by atoms with Crippen LogP contribution in [0.1, 0.15) is 29.5 Å². The van der Waals surface area contributed by atoms with Gasteiger partial charge in [-0.05, 0) is 31.1 Å². The van der Waals surface area contributed by atoms with E-state index in [1.54, 1.807) is 11.9 Å². The first kappa shape index (κ1) is 21.8. The second-order valence-electron chi connectivity index (χ2n) is 7.31. The van der Waals surface area contributed by atoms with Gasteiger partial charge in [-0.15, -0.1) is 0 Å². The molecule has 0 radical (unpaired) electrons. The molecule has 0 atom stereocenters. The van der Waals surface area contributed by atoms with Gasteiger partial charge in [-0.2, -0.15) is 5.10 Å². The summed E-state index contributed by atoms with van der Waals surface area (Å²) in [5, 5.41) is 6.34. The highest BCUT2D eigenvalue weighted by Gasteiger charge is 2.29. The zero-order valence-electron chi connectivity index (χ0n) is 17.2. The van der Waals surface area contributed by atoms with E-state index in [-0.39, 0.29) is 16.5 Å². The lowest BCUT2D eigenvalue weighted by molar-refractivity contribution is 0.102. The van der Waals surface area contributed by atoms with Gasteiger partial charge in [0.1, 0.15) is 5.69 Å². The number of anilines is 2. The van der Waals surface area contributed by atoms with Gasteiger partial charge in [0.2, 0.25) is 0 Å². The summed E-state index contributed by atoms with van der Waals surface area (Å²) >= 11 is 6.51. The molecule has 3 aromatic rings. The number of rotatable bonds is 4. The topological polar surface area (TPSA) is 75.9 Å². The maximum atomic E-state index is 14.3. The van der Waals surface area contributed by atoms with E-state index in [1.165, 1.54) is 23.0 Å². The van der Waals surface area contributed by atoms with Crippen molar-refractivity contribution in [2.45, 2.75) is 13.3 Å². The van der Waals surface area contributed by atoms with Gasteiger partial charge in [0.25, 0.3) is 5.91 Å². The van der Waals surface area contributed by atoms with E-state index in [9.17, 15) is 18.0 Å². The number of aryl methyl sites for hydroxylation is 1. The fraction of sp³-hybridized carbons (Fsp3) is 0.238. The van der Waals surface area contributed by atoms with E-state index in [4.69, 9.17) is 11.6 Å². The molecule has 1 amide bonds. The minimum absolute atomic E-state index is 0.0255. The second-order valence-corrected chi connectivity index (χ2v) is 7.68. The monoisotopic (exact) mass is 462 g/mol. The van der Waals surface area contributed by atoms with Crippen LogP contribution < -0.4 is 10.2 Å². The lowest BCUT2D eigenvalue weighted by atomic mass is 9.98. The summed E-state index contributed by atoms with van der Waals surface area (Å²) in [6, 6.07) is 2.85. The van der Waals surface area contributed by atoms with Crippen LogP contribution >= 0.6 is 11.6 Å². The number of hydrogen-bond donors (Lipinski definition) is 1. The molecule has 0 aromatic carbocycles. The van der Waals surface area contributed by atoms with Crippen molar-refractivity contribution in [1.82, 2.24) is 19.7 Å². The van der Waals surface area contributed by atoms with Crippen molar-refractivity contribution in [1.29, 1.82) is 0 Å². The van der Waals surface area contributed by atoms with Crippen LogP contribution in [0, 0.1) is 17.5 Å². The molecule has 32 heavy (non-hydrogen) atoms. The average molecular weight is 463 g/mol. The predicted octanol–water partition coefficient (Wildman–Crippen LogP) is 4.22. The molecule has 4 heterocycles. The minimum Gasteiger partial charge on any atom is -0.349 e. The van der Waals surface area contributed by atoms with Gasteiger partial charge in [0.05, 0.1) is 23.1 Å². The first-order chi connectivity index (χ1) is 15.3. The van der Waals surface area contributed by atoms with Crippen molar-refractivity contribution >= 4 is 34.6 Å². The Bertz CT molecular complexity index is 1220. The summed E-state index contributed by atoms with van der Waals surface area (Å²) in [4.78, 5) is 22.0. The van der Waals surface area contributed by atoms with E-state index < -0.39 is 29.0 Å². The number of nitrogens with zero attached hydrogens (tertiary/aromatic N) is 5. The van der Waals surface area contributed by atoms with E-state index in [1.807, 2.05) is 6.92 Å². The number of carbonyl (C=O) groups excluding carboxylic acids is 1. The molecule has 0 bridgehead atoms. The van der Waals surface area contributed by atoms with Gasteiger partial charge in [-0.3, -0.25) is 14.5 Å². The van der Waals surface area contributed by atoms with Crippen LogP contribution in [-0.2, 0) is 7.05 Å². The van der Waals surface area contributed by atoms with Crippen molar-refractivity contribution in [2.75, 3.05) is 23.3 Å². The molecule has 0 unspecified atom stereocenters. The van der Waals surface area contributed by atoms with Crippen LogP contribution in [0.2, 0.25) is 5.02 Å². The minimum atomic E-state index is -1.02. The third-order valence-electron chi connectivity index (χ3n) is 5.24. The van der Waals surface area contributed by atoms with E-state index in [0.29, 0.717) is 25.2 Å². The Morgan fingerprint density at radius 2 is 1.91 bits per heavy atom. The molecule has 0 spiro atoms. The third-order valence-corrected chi connectivity index (χ3v) is 5.60. The summed E-state index contributed by atoms with van der Waals surface area (Å²) in [6.45, 7) is 2.78. The molecular weight excluding hydrogens is 445 g/mol. The molecular formula is C21H18ClF3N6O. The molecule has 0 aliphatic carbocycles. The number of pyridine rings is 2. The fourth-order valence-corrected chi connectivity index (χ4v) is 3.96. The Kier molecular flexibility index (Phi) is 5.88. The zero-order valence-corrected chi connectivity index (χ0v) is 17.9. The van der Waals surface area contributed by atoms with Crippen molar-refractivity contribution in [3.63, 3.8) is 0 Å². The Labute approximate surface area is 186 Å². The number of nitrogens with one attached hydrogen (secondary N) is 1. The van der Waals surface area contributed by atoms with Crippen LogP contribution in [-0.4, -0.2) is 38.7 Å². The van der Waals surface area contributed by atoms with Gasteiger partial charge >= 0.3 is 0 Å². The van der Waals surface area contributed by atoms with Crippen molar-refractivity contribution < 1.29 is 18.0 Å². The first-order valence-corrected chi connectivity index (χ1v) is 10.0. The first-order valence-electron chi connectivity index (χ1n) is 9.65. The number of halogens is 4. The van der Waals surface area contributed by atoms with Crippen molar-refractivity contribution in [2.24, 2.45) is 7.05 Å². The maximum absolute atomic E-state index is 14.3. The Morgan fingerprint density at radius 3 is 2.59 bits per heavy atom. The number of aromatic nitrogens is 4. The lowest BCUT2D eigenvalue weighted by Gasteiger charge is -2.31. The van der Waals surface area contributed by atoms with Crippen molar-refractivity contribution in [3.05, 3.63) is 70.2 Å². The number of amides is 1. The lowest BCUT2D eigenvalue weighted by Crippen LogP contribution is -2.32. The summed E-state index contributed by atoms with van der Waals surface area (Å²) < 4.78 is 43.4. The molecule has 7 nitrogen and oxygen atoms in total. The van der Waals surface area contributed by atoms with Gasteiger partial charge in [-0.25, -0.2) is 18.2 Å². The predicted molar refractivity (Wildman–Crippen MR) is 114 cm³/mol. The van der Waals surface area contributed by atoms with E-state index in [2.05, 4.69) is 20.4 Å². The molecule has 0 saturated carbocycles. The van der Waals surface area contributed by atoms with Crippen LogP contribution in [0.15, 0.2) is 36.3 Å². The molecule has 1 aliphatic rings. The van der Waals surface area contributed by atoms with Gasteiger partial charge < -0.3 is 10.2 Å². The summed E-state index contributed by atoms with van der Waals surface area (Å²) in [5.74, 6) is -3.14. The molecule has 4 rings (SSSR count). The molecule has 1 N–H and O–H groups in total. The van der Waals surface area contributed by atoms with Crippen LogP contribution in [0.25, 0.3) is 5.57 Å². The van der Waals surface area contributed by atoms with Gasteiger partial charge in [0, 0.05) is 26.3 Å². The van der Waals surface area contributed by atoms with Crippen LogP contribution in [0.3, 0.4) is 0 Å². The highest BCUT2D eigenvalue weighted by Crippen LogP contribution is 2.35. The average Bonchev–Trinajstić information content (AvgIpc) is 3.06. The fourth-order valence-electron chi connectivity index (χ4n) is 3.60. The standard InChI is InChI=1S/C21H18ClF3N6O/c1-11-5-7-31(20-13(23)4-3-6-27-20)10-12(11)19-16(22)18(29-30(19)2)21(32)28-17-14(24)8-26-9-15(17)25/h3-4,6,8-9H,5,7,10H2,1-2H3,(H,26,28,32). The molecule has 11 heteroatoms. The van der Waals surface area contributed by atoms with Crippen LogP contribution in [0.4, 0.5) is 24.7 Å².